The second-order valence-corrected chi connectivity index (χ2v) is 4.70. The van der Waals surface area contributed by atoms with Crippen LogP contribution in [0, 0.1) is 12.8 Å². The molecule has 0 aromatic carbocycles. The SMILES string of the molecule is CCCOc1cc(C)nc(NC(CO)C(C)C)n1. The van der Waals surface area contributed by atoms with Crippen LogP contribution in [0.25, 0.3) is 0 Å². The van der Waals surface area contributed by atoms with Crippen molar-refractivity contribution < 1.29 is 9.84 Å². The Morgan fingerprint density at radius 1 is 1.39 bits per heavy atom. The highest BCUT2D eigenvalue weighted by Gasteiger charge is 2.14. The van der Waals surface area contributed by atoms with Gasteiger partial charge in [-0.15, -0.1) is 0 Å². The number of nitrogens with one attached hydrogen (secondary N) is 1. The predicted molar refractivity (Wildman–Crippen MR) is 71.9 cm³/mol. The van der Waals surface area contributed by atoms with Gasteiger partial charge in [-0.25, -0.2) is 4.98 Å². The van der Waals surface area contributed by atoms with Gasteiger partial charge in [0, 0.05) is 11.8 Å². The van der Waals surface area contributed by atoms with Crippen LogP contribution < -0.4 is 10.1 Å². The fourth-order valence-corrected chi connectivity index (χ4v) is 1.47. The molecule has 1 aromatic rings. The molecule has 0 bridgehead atoms. The lowest BCUT2D eigenvalue weighted by molar-refractivity contribution is 0.248. The first-order valence-electron chi connectivity index (χ1n) is 6.42. The molecular formula is C13H23N3O2. The number of aryl methyl sites for hydroxylation is 1. The Morgan fingerprint density at radius 2 is 2.11 bits per heavy atom. The third-order valence-corrected chi connectivity index (χ3v) is 2.60. The summed E-state index contributed by atoms with van der Waals surface area (Å²) in [6.07, 6.45) is 0.942. The minimum absolute atomic E-state index is 0.0502. The molecule has 0 fully saturated rings. The molecule has 5 heteroatoms. The van der Waals surface area contributed by atoms with E-state index in [1.165, 1.54) is 0 Å². The van der Waals surface area contributed by atoms with Gasteiger partial charge in [0.2, 0.25) is 11.8 Å². The highest BCUT2D eigenvalue weighted by molar-refractivity contribution is 5.31. The van der Waals surface area contributed by atoms with Gasteiger partial charge < -0.3 is 15.2 Å². The van der Waals surface area contributed by atoms with Crippen LogP contribution in [0.15, 0.2) is 6.07 Å². The van der Waals surface area contributed by atoms with Gasteiger partial charge in [-0.1, -0.05) is 20.8 Å². The molecule has 18 heavy (non-hydrogen) atoms. The van der Waals surface area contributed by atoms with Gasteiger partial charge in [-0.2, -0.15) is 4.98 Å². The van der Waals surface area contributed by atoms with Crippen molar-refractivity contribution in [1.82, 2.24) is 9.97 Å². The summed E-state index contributed by atoms with van der Waals surface area (Å²) in [5.74, 6) is 1.39. The van der Waals surface area contributed by atoms with E-state index in [4.69, 9.17) is 4.74 Å². The second kappa shape index (κ2) is 7.16. The number of anilines is 1. The lowest BCUT2D eigenvalue weighted by atomic mass is 10.1. The smallest absolute Gasteiger partial charge is 0.226 e. The molecule has 1 aromatic heterocycles. The van der Waals surface area contributed by atoms with Crippen molar-refractivity contribution in [3.05, 3.63) is 11.8 Å². The molecule has 0 aliphatic carbocycles. The van der Waals surface area contributed by atoms with Gasteiger partial charge in [0.1, 0.15) is 0 Å². The molecular weight excluding hydrogens is 230 g/mol. The molecule has 1 unspecified atom stereocenters. The van der Waals surface area contributed by atoms with Gasteiger partial charge >= 0.3 is 0 Å². The van der Waals surface area contributed by atoms with Crippen molar-refractivity contribution in [2.75, 3.05) is 18.5 Å². The summed E-state index contributed by atoms with van der Waals surface area (Å²) in [5, 5.41) is 12.4. The number of aliphatic hydroxyl groups is 1. The van der Waals surface area contributed by atoms with Crippen LogP contribution >= 0.6 is 0 Å². The number of hydrogen-bond acceptors (Lipinski definition) is 5. The number of aromatic nitrogens is 2. The zero-order valence-electron chi connectivity index (χ0n) is 11.6. The maximum atomic E-state index is 9.29. The highest BCUT2D eigenvalue weighted by Crippen LogP contribution is 2.14. The minimum atomic E-state index is -0.0502. The van der Waals surface area contributed by atoms with Gasteiger partial charge in [0.15, 0.2) is 0 Å². The summed E-state index contributed by atoms with van der Waals surface area (Å²) < 4.78 is 5.50. The molecule has 102 valence electrons. The Balaban J connectivity index is 2.78. The van der Waals surface area contributed by atoms with Crippen LogP contribution in [0.5, 0.6) is 5.88 Å². The molecule has 0 amide bonds. The highest BCUT2D eigenvalue weighted by atomic mass is 16.5. The number of hydrogen-bond donors (Lipinski definition) is 2. The molecule has 1 atom stereocenters. The maximum absolute atomic E-state index is 9.29. The van der Waals surface area contributed by atoms with E-state index >= 15 is 0 Å². The first-order chi connectivity index (χ1) is 8.56. The van der Waals surface area contributed by atoms with Crippen molar-refractivity contribution in [3.8, 4) is 5.88 Å². The second-order valence-electron chi connectivity index (χ2n) is 4.70. The Bertz CT molecular complexity index is 369. The van der Waals surface area contributed by atoms with Crippen molar-refractivity contribution >= 4 is 5.95 Å². The summed E-state index contributed by atoms with van der Waals surface area (Å²) in [7, 11) is 0. The fourth-order valence-electron chi connectivity index (χ4n) is 1.47. The molecule has 1 rings (SSSR count). The monoisotopic (exact) mass is 253 g/mol. The topological polar surface area (TPSA) is 67.3 Å². The summed E-state index contributed by atoms with van der Waals surface area (Å²) in [5.41, 5.74) is 0.846. The van der Waals surface area contributed by atoms with Crippen LogP contribution in [0.1, 0.15) is 32.9 Å². The van der Waals surface area contributed by atoms with E-state index in [0.717, 1.165) is 12.1 Å². The van der Waals surface area contributed by atoms with E-state index in [2.05, 4.69) is 15.3 Å². The molecule has 2 N–H and O–H groups in total. The van der Waals surface area contributed by atoms with E-state index in [9.17, 15) is 5.11 Å². The van der Waals surface area contributed by atoms with Gasteiger partial charge in [-0.05, 0) is 19.3 Å². The first kappa shape index (κ1) is 14.7. The quantitative estimate of drug-likeness (QED) is 0.778. The molecule has 0 spiro atoms. The standard InChI is InChI=1S/C13H23N3O2/c1-5-6-18-12-7-10(4)14-13(16-12)15-11(8-17)9(2)3/h7,9,11,17H,5-6,8H2,1-4H3,(H,14,15,16). The zero-order chi connectivity index (χ0) is 13.5. The fraction of sp³-hybridized carbons (Fsp3) is 0.692. The number of nitrogens with zero attached hydrogens (tertiary/aromatic N) is 2. The van der Waals surface area contributed by atoms with Crippen LogP contribution in [0.3, 0.4) is 0 Å². The van der Waals surface area contributed by atoms with E-state index in [1.807, 2.05) is 33.8 Å². The maximum Gasteiger partial charge on any atom is 0.226 e. The third-order valence-electron chi connectivity index (χ3n) is 2.60. The average molecular weight is 253 g/mol. The summed E-state index contributed by atoms with van der Waals surface area (Å²) in [6.45, 7) is 8.72. The molecule has 0 saturated carbocycles. The number of rotatable bonds is 7. The van der Waals surface area contributed by atoms with Gasteiger partial charge in [-0.3, -0.25) is 0 Å². The molecule has 0 radical (unpaired) electrons. The lowest BCUT2D eigenvalue weighted by Crippen LogP contribution is -2.30. The Morgan fingerprint density at radius 3 is 2.67 bits per heavy atom. The van der Waals surface area contributed by atoms with Gasteiger partial charge in [0.25, 0.3) is 0 Å². The zero-order valence-corrected chi connectivity index (χ0v) is 11.6. The van der Waals surface area contributed by atoms with Crippen molar-refractivity contribution in [1.29, 1.82) is 0 Å². The van der Waals surface area contributed by atoms with E-state index < -0.39 is 0 Å². The normalized spacial score (nSPS) is 12.6. The lowest BCUT2D eigenvalue weighted by Gasteiger charge is -2.20. The largest absolute Gasteiger partial charge is 0.478 e. The average Bonchev–Trinajstić information content (AvgIpc) is 2.32. The molecule has 1 heterocycles. The molecule has 0 aliphatic rings. The number of aliphatic hydroxyl groups excluding tert-OH is 1. The Labute approximate surface area is 109 Å². The van der Waals surface area contributed by atoms with Crippen LogP contribution in [-0.2, 0) is 0 Å². The molecule has 0 saturated heterocycles. The van der Waals surface area contributed by atoms with Crippen LogP contribution in [0.2, 0.25) is 0 Å². The van der Waals surface area contributed by atoms with Crippen molar-refractivity contribution in [3.63, 3.8) is 0 Å². The molecule has 5 nitrogen and oxygen atoms in total. The van der Waals surface area contributed by atoms with E-state index in [-0.39, 0.29) is 12.6 Å². The van der Waals surface area contributed by atoms with Crippen molar-refractivity contribution in [2.24, 2.45) is 5.92 Å². The molecule has 0 aliphatic heterocycles. The third kappa shape index (κ3) is 4.49. The summed E-state index contributed by atoms with van der Waals surface area (Å²) >= 11 is 0. The predicted octanol–water partition coefficient (Wildman–Crippen LogP) is 2.00. The van der Waals surface area contributed by atoms with Crippen LogP contribution in [0.4, 0.5) is 5.95 Å². The Hall–Kier alpha value is -1.36. The summed E-state index contributed by atoms with van der Waals surface area (Å²) in [4.78, 5) is 8.58. The van der Waals surface area contributed by atoms with Crippen molar-refractivity contribution in [2.45, 2.75) is 40.2 Å². The first-order valence-corrected chi connectivity index (χ1v) is 6.42. The Kier molecular flexibility index (Phi) is 5.85. The van der Waals surface area contributed by atoms with E-state index in [0.29, 0.717) is 24.4 Å². The summed E-state index contributed by atoms with van der Waals surface area (Å²) in [6, 6.07) is 1.76. The van der Waals surface area contributed by atoms with Crippen LogP contribution in [-0.4, -0.2) is 34.3 Å². The van der Waals surface area contributed by atoms with Gasteiger partial charge in [0.05, 0.1) is 19.3 Å². The minimum Gasteiger partial charge on any atom is -0.478 e. The van der Waals surface area contributed by atoms with E-state index in [1.54, 1.807) is 0 Å². The number of ether oxygens (including phenoxy) is 1.